The molecular weight excluding hydrogens is 350 g/mol. The summed E-state index contributed by atoms with van der Waals surface area (Å²) in [6, 6.07) is 5.34. The van der Waals surface area contributed by atoms with E-state index in [4.69, 9.17) is 4.74 Å². The maximum Gasteiger partial charge on any atom is 0.355 e. The van der Waals surface area contributed by atoms with Gasteiger partial charge in [0, 0.05) is 35.1 Å². The highest BCUT2D eigenvalue weighted by Gasteiger charge is 2.20. The van der Waals surface area contributed by atoms with Crippen molar-refractivity contribution in [2.45, 2.75) is 27.7 Å². The maximum absolute atomic E-state index is 12.6. The molecule has 0 unspecified atom stereocenters. The van der Waals surface area contributed by atoms with Gasteiger partial charge in [0.25, 0.3) is 0 Å². The first-order valence-corrected chi connectivity index (χ1v) is 9.11. The predicted octanol–water partition coefficient (Wildman–Crippen LogP) is 3.55. The Morgan fingerprint density at radius 3 is 2.46 bits per heavy atom. The van der Waals surface area contributed by atoms with Gasteiger partial charge in [0.1, 0.15) is 5.69 Å². The van der Waals surface area contributed by atoms with Gasteiger partial charge >= 0.3 is 5.97 Å². The SMILES string of the molecule is Cc1csc(-n2c(C)cc(C(=O)COC(=O)c3ccc(C)n3C)c2C)n1. The third-order valence-electron chi connectivity index (χ3n) is 4.45. The fourth-order valence-corrected chi connectivity index (χ4v) is 3.80. The van der Waals surface area contributed by atoms with Gasteiger partial charge in [-0.05, 0) is 45.9 Å². The second-order valence-electron chi connectivity index (χ2n) is 6.31. The first-order chi connectivity index (χ1) is 12.3. The molecule has 0 aliphatic rings. The fraction of sp³-hybridized carbons (Fsp3) is 0.316. The number of aryl methyl sites for hydroxylation is 3. The molecule has 0 amide bonds. The lowest BCUT2D eigenvalue weighted by Crippen LogP contribution is -2.17. The summed E-state index contributed by atoms with van der Waals surface area (Å²) in [7, 11) is 1.79. The van der Waals surface area contributed by atoms with Gasteiger partial charge in [0.2, 0.25) is 5.78 Å². The molecule has 6 nitrogen and oxygen atoms in total. The first-order valence-electron chi connectivity index (χ1n) is 8.23. The summed E-state index contributed by atoms with van der Waals surface area (Å²) in [5, 5.41) is 2.80. The number of hydrogen-bond donors (Lipinski definition) is 0. The fourth-order valence-electron chi connectivity index (χ4n) is 2.88. The highest BCUT2D eigenvalue weighted by Crippen LogP contribution is 2.24. The highest BCUT2D eigenvalue weighted by molar-refractivity contribution is 7.12. The van der Waals surface area contributed by atoms with E-state index in [-0.39, 0.29) is 12.4 Å². The zero-order valence-corrected chi connectivity index (χ0v) is 16.3. The molecule has 0 atom stereocenters. The minimum Gasteiger partial charge on any atom is -0.453 e. The molecule has 3 aromatic heterocycles. The number of carbonyl (C=O) groups is 2. The Morgan fingerprint density at radius 2 is 1.88 bits per heavy atom. The van der Waals surface area contributed by atoms with E-state index in [1.165, 1.54) is 11.3 Å². The molecule has 0 spiro atoms. The Kier molecular flexibility index (Phi) is 4.82. The van der Waals surface area contributed by atoms with Crippen molar-refractivity contribution in [2.24, 2.45) is 7.05 Å². The zero-order chi connectivity index (χ0) is 19.0. The summed E-state index contributed by atoms with van der Waals surface area (Å²) in [5.41, 5.74) is 4.59. The predicted molar refractivity (Wildman–Crippen MR) is 100 cm³/mol. The molecule has 0 saturated heterocycles. The molecule has 0 aromatic carbocycles. The van der Waals surface area contributed by atoms with Crippen molar-refractivity contribution in [3.8, 4) is 5.13 Å². The molecule has 3 aromatic rings. The quantitative estimate of drug-likeness (QED) is 0.508. The molecule has 0 aliphatic carbocycles. The van der Waals surface area contributed by atoms with Gasteiger partial charge in [-0.3, -0.25) is 9.36 Å². The number of nitrogens with zero attached hydrogens (tertiary/aromatic N) is 3. The molecule has 0 fully saturated rings. The average molecular weight is 371 g/mol. The van der Waals surface area contributed by atoms with Crippen molar-refractivity contribution in [2.75, 3.05) is 6.61 Å². The van der Waals surface area contributed by atoms with Gasteiger partial charge in [-0.1, -0.05) is 0 Å². The van der Waals surface area contributed by atoms with Crippen molar-refractivity contribution in [3.05, 3.63) is 57.6 Å². The molecule has 7 heteroatoms. The number of ketones is 1. The summed E-state index contributed by atoms with van der Waals surface area (Å²) >= 11 is 1.53. The Morgan fingerprint density at radius 1 is 1.15 bits per heavy atom. The van der Waals surface area contributed by atoms with E-state index in [2.05, 4.69) is 4.98 Å². The molecule has 3 heterocycles. The van der Waals surface area contributed by atoms with Crippen LogP contribution in [-0.2, 0) is 11.8 Å². The van der Waals surface area contributed by atoms with Crippen molar-refractivity contribution in [1.29, 1.82) is 0 Å². The normalized spacial score (nSPS) is 11.0. The summed E-state index contributed by atoms with van der Waals surface area (Å²) in [6.07, 6.45) is 0. The minimum atomic E-state index is -0.502. The number of esters is 1. The lowest BCUT2D eigenvalue weighted by molar-refractivity contribution is 0.0465. The van der Waals surface area contributed by atoms with Crippen molar-refractivity contribution in [1.82, 2.24) is 14.1 Å². The third-order valence-corrected chi connectivity index (χ3v) is 5.39. The van der Waals surface area contributed by atoms with E-state index in [1.807, 2.05) is 49.8 Å². The van der Waals surface area contributed by atoms with Crippen LogP contribution in [0.25, 0.3) is 5.13 Å². The topological polar surface area (TPSA) is 66.1 Å². The molecule has 136 valence electrons. The summed E-state index contributed by atoms with van der Waals surface area (Å²) in [6.45, 7) is 7.35. The van der Waals surface area contributed by atoms with Crippen LogP contribution < -0.4 is 0 Å². The van der Waals surface area contributed by atoms with E-state index in [9.17, 15) is 9.59 Å². The van der Waals surface area contributed by atoms with E-state index < -0.39 is 5.97 Å². The van der Waals surface area contributed by atoms with Crippen LogP contribution in [-0.4, -0.2) is 32.5 Å². The lowest BCUT2D eigenvalue weighted by Gasteiger charge is -2.07. The van der Waals surface area contributed by atoms with Crippen molar-refractivity contribution in [3.63, 3.8) is 0 Å². The van der Waals surface area contributed by atoms with E-state index in [0.717, 1.165) is 27.9 Å². The molecule has 26 heavy (non-hydrogen) atoms. The van der Waals surface area contributed by atoms with E-state index in [1.54, 1.807) is 17.7 Å². The standard InChI is InChI=1S/C19H21N3O3S/c1-11-10-26-19(20-11)22-13(3)8-15(14(22)4)17(23)9-25-18(24)16-7-6-12(2)21(16)5/h6-8,10H,9H2,1-5H3. The van der Waals surface area contributed by atoms with Crippen LogP contribution in [0.5, 0.6) is 0 Å². The number of Topliss-reactive ketones (excluding diaryl/α,β-unsaturated/α-hetero) is 1. The van der Waals surface area contributed by atoms with Crippen LogP contribution in [0.2, 0.25) is 0 Å². The van der Waals surface area contributed by atoms with Crippen LogP contribution in [0.4, 0.5) is 0 Å². The monoisotopic (exact) mass is 371 g/mol. The molecule has 0 saturated carbocycles. The Hall–Kier alpha value is -2.67. The number of thiazole rings is 1. The van der Waals surface area contributed by atoms with Gasteiger partial charge < -0.3 is 9.30 Å². The van der Waals surface area contributed by atoms with Crippen molar-refractivity contribution >= 4 is 23.1 Å². The molecule has 0 radical (unpaired) electrons. The van der Waals surface area contributed by atoms with E-state index in [0.29, 0.717) is 11.3 Å². The van der Waals surface area contributed by atoms with Gasteiger partial charge in [-0.2, -0.15) is 0 Å². The molecule has 0 bridgehead atoms. The third kappa shape index (κ3) is 3.22. The summed E-state index contributed by atoms with van der Waals surface area (Å²) < 4.78 is 8.91. The van der Waals surface area contributed by atoms with E-state index >= 15 is 0 Å². The maximum atomic E-state index is 12.6. The number of ether oxygens (including phenoxy) is 1. The van der Waals surface area contributed by atoms with Crippen LogP contribution in [0, 0.1) is 27.7 Å². The molecule has 0 N–H and O–H groups in total. The summed E-state index contributed by atoms with van der Waals surface area (Å²) in [5.74, 6) is -0.727. The Balaban J connectivity index is 1.76. The molecular formula is C19H21N3O3S. The molecule has 3 rings (SSSR count). The number of aromatic nitrogens is 3. The Labute approximate surface area is 156 Å². The highest BCUT2D eigenvalue weighted by atomic mass is 32.1. The lowest BCUT2D eigenvalue weighted by atomic mass is 10.1. The zero-order valence-electron chi connectivity index (χ0n) is 15.5. The van der Waals surface area contributed by atoms with Crippen LogP contribution in [0.15, 0.2) is 23.6 Å². The second-order valence-corrected chi connectivity index (χ2v) is 7.15. The summed E-state index contributed by atoms with van der Waals surface area (Å²) in [4.78, 5) is 29.2. The average Bonchev–Trinajstić information content (AvgIpc) is 3.24. The van der Waals surface area contributed by atoms with Crippen LogP contribution in [0.1, 0.15) is 43.6 Å². The largest absolute Gasteiger partial charge is 0.453 e. The minimum absolute atomic E-state index is 0.225. The van der Waals surface area contributed by atoms with Crippen LogP contribution in [0.3, 0.4) is 0 Å². The van der Waals surface area contributed by atoms with Gasteiger partial charge in [0.15, 0.2) is 11.7 Å². The van der Waals surface area contributed by atoms with Crippen LogP contribution >= 0.6 is 11.3 Å². The number of rotatable bonds is 5. The Bertz CT molecular complexity index is 994. The van der Waals surface area contributed by atoms with Gasteiger partial charge in [-0.15, -0.1) is 11.3 Å². The smallest absolute Gasteiger partial charge is 0.355 e. The van der Waals surface area contributed by atoms with Gasteiger partial charge in [0.05, 0.1) is 5.69 Å². The number of carbonyl (C=O) groups excluding carboxylic acids is 2. The van der Waals surface area contributed by atoms with Gasteiger partial charge in [-0.25, -0.2) is 9.78 Å². The second kappa shape index (κ2) is 6.92. The number of hydrogen-bond acceptors (Lipinski definition) is 5. The van der Waals surface area contributed by atoms with Crippen molar-refractivity contribution < 1.29 is 14.3 Å². The molecule has 0 aliphatic heterocycles. The first kappa shape index (κ1) is 18.1.